The second-order valence-corrected chi connectivity index (χ2v) is 3.83. The Morgan fingerprint density at radius 2 is 2.25 bits per heavy atom. The SMILES string of the molecule is Cc1cccc([N+](=O)[O-])c1OCC(C)CN. The van der Waals surface area contributed by atoms with Crippen LogP contribution in [0.1, 0.15) is 12.5 Å². The summed E-state index contributed by atoms with van der Waals surface area (Å²) in [5.41, 5.74) is 6.22. The van der Waals surface area contributed by atoms with E-state index in [1.54, 1.807) is 19.1 Å². The van der Waals surface area contributed by atoms with Crippen LogP contribution >= 0.6 is 0 Å². The highest BCUT2D eigenvalue weighted by Crippen LogP contribution is 2.30. The van der Waals surface area contributed by atoms with E-state index in [9.17, 15) is 10.1 Å². The van der Waals surface area contributed by atoms with Crippen molar-refractivity contribution in [1.82, 2.24) is 0 Å². The maximum atomic E-state index is 10.8. The number of hydrogen-bond donors (Lipinski definition) is 1. The molecule has 0 aromatic heterocycles. The van der Waals surface area contributed by atoms with E-state index in [1.807, 2.05) is 6.92 Å². The zero-order valence-corrected chi connectivity index (χ0v) is 9.47. The monoisotopic (exact) mass is 224 g/mol. The number of nitro benzene ring substituents is 1. The van der Waals surface area contributed by atoms with Crippen molar-refractivity contribution in [2.24, 2.45) is 11.7 Å². The number of aryl methyl sites for hydroxylation is 1. The maximum Gasteiger partial charge on any atom is 0.311 e. The molecule has 2 N–H and O–H groups in total. The Labute approximate surface area is 94.4 Å². The first kappa shape index (κ1) is 12.4. The molecule has 1 unspecified atom stereocenters. The van der Waals surface area contributed by atoms with Crippen LogP contribution < -0.4 is 10.5 Å². The van der Waals surface area contributed by atoms with Crippen molar-refractivity contribution >= 4 is 5.69 Å². The van der Waals surface area contributed by atoms with Gasteiger partial charge in [-0.15, -0.1) is 0 Å². The van der Waals surface area contributed by atoms with Crippen LogP contribution in [0, 0.1) is 23.0 Å². The molecule has 1 aromatic carbocycles. The van der Waals surface area contributed by atoms with E-state index in [-0.39, 0.29) is 11.6 Å². The van der Waals surface area contributed by atoms with Gasteiger partial charge in [0, 0.05) is 12.0 Å². The highest BCUT2D eigenvalue weighted by Gasteiger charge is 2.17. The van der Waals surface area contributed by atoms with E-state index >= 15 is 0 Å². The molecular weight excluding hydrogens is 208 g/mol. The van der Waals surface area contributed by atoms with E-state index in [4.69, 9.17) is 10.5 Å². The molecule has 1 atom stereocenters. The minimum atomic E-state index is -0.435. The largest absolute Gasteiger partial charge is 0.486 e. The van der Waals surface area contributed by atoms with Gasteiger partial charge in [0.25, 0.3) is 0 Å². The fourth-order valence-corrected chi connectivity index (χ4v) is 1.26. The van der Waals surface area contributed by atoms with Crippen molar-refractivity contribution in [3.05, 3.63) is 33.9 Å². The van der Waals surface area contributed by atoms with E-state index in [0.29, 0.717) is 18.9 Å². The molecule has 0 saturated heterocycles. The molecule has 0 radical (unpaired) electrons. The number of benzene rings is 1. The van der Waals surface area contributed by atoms with Crippen molar-refractivity contribution in [3.8, 4) is 5.75 Å². The molecule has 0 saturated carbocycles. The molecule has 88 valence electrons. The molecule has 0 amide bonds. The molecule has 0 aliphatic rings. The molecular formula is C11H16N2O3. The molecule has 1 rings (SSSR count). The van der Waals surface area contributed by atoms with Gasteiger partial charge in [0.05, 0.1) is 11.5 Å². The van der Waals surface area contributed by atoms with Crippen molar-refractivity contribution in [3.63, 3.8) is 0 Å². The van der Waals surface area contributed by atoms with Crippen molar-refractivity contribution in [1.29, 1.82) is 0 Å². The van der Waals surface area contributed by atoms with Crippen LogP contribution in [-0.2, 0) is 0 Å². The second kappa shape index (κ2) is 5.46. The minimum Gasteiger partial charge on any atom is -0.486 e. The first-order valence-electron chi connectivity index (χ1n) is 5.13. The standard InChI is InChI=1S/C11H16N2O3/c1-8(6-12)7-16-11-9(2)4-3-5-10(11)13(14)15/h3-5,8H,6-7,12H2,1-2H3. The quantitative estimate of drug-likeness (QED) is 0.611. The number of para-hydroxylation sites is 1. The summed E-state index contributed by atoms with van der Waals surface area (Å²) >= 11 is 0. The summed E-state index contributed by atoms with van der Waals surface area (Å²) in [4.78, 5) is 10.4. The van der Waals surface area contributed by atoms with Crippen LogP contribution in [0.15, 0.2) is 18.2 Å². The molecule has 0 aliphatic heterocycles. The third kappa shape index (κ3) is 2.93. The third-order valence-electron chi connectivity index (χ3n) is 2.30. The van der Waals surface area contributed by atoms with Gasteiger partial charge in [-0.3, -0.25) is 10.1 Å². The summed E-state index contributed by atoms with van der Waals surface area (Å²) in [7, 11) is 0. The van der Waals surface area contributed by atoms with E-state index in [1.165, 1.54) is 6.07 Å². The lowest BCUT2D eigenvalue weighted by Crippen LogP contribution is -2.18. The lowest BCUT2D eigenvalue weighted by Gasteiger charge is -2.12. The van der Waals surface area contributed by atoms with Crippen molar-refractivity contribution in [2.75, 3.05) is 13.2 Å². The van der Waals surface area contributed by atoms with Gasteiger partial charge in [0.2, 0.25) is 0 Å². The minimum absolute atomic E-state index is 0.00391. The molecule has 1 aromatic rings. The lowest BCUT2D eigenvalue weighted by molar-refractivity contribution is -0.386. The Morgan fingerprint density at radius 3 is 2.81 bits per heavy atom. The zero-order chi connectivity index (χ0) is 12.1. The van der Waals surface area contributed by atoms with Crippen LogP contribution in [0.3, 0.4) is 0 Å². The maximum absolute atomic E-state index is 10.8. The summed E-state index contributed by atoms with van der Waals surface area (Å²) in [6, 6.07) is 4.87. The van der Waals surface area contributed by atoms with Crippen molar-refractivity contribution in [2.45, 2.75) is 13.8 Å². The van der Waals surface area contributed by atoms with Gasteiger partial charge < -0.3 is 10.5 Å². The van der Waals surface area contributed by atoms with Gasteiger partial charge in [-0.25, -0.2) is 0 Å². The van der Waals surface area contributed by atoms with Gasteiger partial charge in [0.15, 0.2) is 5.75 Å². The number of ether oxygens (including phenoxy) is 1. The predicted octanol–water partition coefficient (Wildman–Crippen LogP) is 1.88. The molecule has 0 fully saturated rings. The second-order valence-electron chi connectivity index (χ2n) is 3.83. The lowest BCUT2D eigenvalue weighted by atomic mass is 10.2. The smallest absolute Gasteiger partial charge is 0.311 e. The summed E-state index contributed by atoms with van der Waals surface area (Å²) in [5, 5.41) is 10.8. The van der Waals surface area contributed by atoms with Crippen LogP contribution in [0.4, 0.5) is 5.69 Å². The molecule has 5 heteroatoms. The zero-order valence-electron chi connectivity index (χ0n) is 9.47. The first-order chi connectivity index (χ1) is 7.56. The number of hydrogen-bond acceptors (Lipinski definition) is 4. The average Bonchev–Trinajstić information content (AvgIpc) is 2.26. The van der Waals surface area contributed by atoms with Crippen molar-refractivity contribution < 1.29 is 9.66 Å². The third-order valence-corrected chi connectivity index (χ3v) is 2.30. The average molecular weight is 224 g/mol. The fourth-order valence-electron chi connectivity index (χ4n) is 1.26. The van der Waals surface area contributed by atoms with Gasteiger partial charge in [0.1, 0.15) is 0 Å². The number of nitrogens with zero attached hydrogens (tertiary/aromatic N) is 1. The fraction of sp³-hybridized carbons (Fsp3) is 0.455. The number of nitro groups is 1. The highest BCUT2D eigenvalue weighted by molar-refractivity contribution is 5.51. The Morgan fingerprint density at radius 1 is 1.56 bits per heavy atom. The van der Waals surface area contributed by atoms with Gasteiger partial charge in [-0.2, -0.15) is 0 Å². The Balaban J connectivity index is 2.88. The molecule has 16 heavy (non-hydrogen) atoms. The van der Waals surface area contributed by atoms with Gasteiger partial charge in [-0.1, -0.05) is 19.1 Å². The molecule has 0 spiro atoms. The summed E-state index contributed by atoms with van der Waals surface area (Å²) in [6.07, 6.45) is 0. The van der Waals surface area contributed by atoms with Crippen LogP contribution in [0.5, 0.6) is 5.75 Å². The number of nitrogens with two attached hydrogens (primary N) is 1. The normalized spacial score (nSPS) is 12.2. The summed E-state index contributed by atoms with van der Waals surface area (Å²) in [5.74, 6) is 0.520. The van der Waals surface area contributed by atoms with Crippen LogP contribution in [-0.4, -0.2) is 18.1 Å². The van der Waals surface area contributed by atoms with E-state index in [0.717, 1.165) is 5.56 Å². The number of rotatable bonds is 5. The van der Waals surface area contributed by atoms with Crippen LogP contribution in [0.2, 0.25) is 0 Å². The Bertz CT molecular complexity index is 379. The highest BCUT2D eigenvalue weighted by atomic mass is 16.6. The predicted molar refractivity (Wildman–Crippen MR) is 61.5 cm³/mol. The summed E-state index contributed by atoms with van der Waals surface area (Å²) < 4.78 is 5.46. The molecule has 5 nitrogen and oxygen atoms in total. The molecule has 0 aliphatic carbocycles. The first-order valence-corrected chi connectivity index (χ1v) is 5.13. The summed E-state index contributed by atoms with van der Waals surface area (Å²) in [6.45, 7) is 4.61. The van der Waals surface area contributed by atoms with Gasteiger partial charge >= 0.3 is 5.69 Å². The Kier molecular flexibility index (Phi) is 4.25. The molecule has 0 heterocycles. The van der Waals surface area contributed by atoms with E-state index < -0.39 is 4.92 Å². The molecule has 0 bridgehead atoms. The topological polar surface area (TPSA) is 78.4 Å². The van der Waals surface area contributed by atoms with Crippen LogP contribution in [0.25, 0.3) is 0 Å². The van der Waals surface area contributed by atoms with E-state index in [2.05, 4.69) is 0 Å². The Hall–Kier alpha value is -1.62. The van der Waals surface area contributed by atoms with Gasteiger partial charge in [-0.05, 0) is 19.0 Å².